The van der Waals surface area contributed by atoms with Crippen LogP contribution in [-0.4, -0.2) is 34.6 Å². The predicted octanol–water partition coefficient (Wildman–Crippen LogP) is 1.91. The quantitative estimate of drug-likeness (QED) is 0.548. The molecule has 2 heterocycles. The van der Waals surface area contributed by atoms with Crippen LogP contribution < -0.4 is 10.6 Å². The van der Waals surface area contributed by atoms with Crippen LogP contribution >= 0.6 is 11.6 Å². The van der Waals surface area contributed by atoms with Crippen LogP contribution in [0.3, 0.4) is 0 Å². The number of nitrogens with one attached hydrogen (secondary N) is 2. The minimum absolute atomic E-state index is 0.0789. The number of hydrogen-bond donors (Lipinski definition) is 2. The lowest BCUT2D eigenvalue weighted by atomic mass is 10.0. The molecule has 2 N–H and O–H groups in total. The minimum atomic E-state index is -0.821. The van der Waals surface area contributed by atoms with Gasteiger partial charge in [-0.15, -0.1) is 0 Å². The normalized spacial score (nSPS) is 17.4. The van der Waals surface area contributed by atoms with E-state index in [9.17, 15) is 19.2 Å². The number of piperidine rings is 1. The van der Waals surface area contributed by atoms with Crippen molar-refractivity contribution in [1.29, 1.82) is 0 Å². The lowest BCUT2D eigenvalue weighted by Gasteiger charge is -2.29. The molecule has 0 spiro atoms. The van der Waals surface area contributed by atoms with Crippen molar-refractivity contribution >= 4 is 35.2 Å². The van der Waals surface area contributed by atoms with Gasteiger partial charge in [-0.1, -0.05) is 23.6 Å². The Hall–Kier alpha value is -3.70. The number of hydrogen-bond acceptors (Lipinski definition) is 4. The highest BCUT2D eigenvalue weighted by molar-refractivity contribution is 6.30. The highest BCUT2D eigenvalue weighted by Crippen LogP contribution is 2.30. The largest absolute Gasteiger partial charge is 0.341 e. The highest BCUT2D eigenvalue weighted by Gasteiger charge is 2.40. The highest BCUT2D eigenvalue weighted by atomic mass is 35.5. The summed E-state index contributed by atoms with van der Waals surface area (Å²) in [6.07, 6.45) is 0.314. The molecule has 7 nitrogen and oxygen atoms in total. The second kappa shape index (κ2) is 8.81. The van der Waals surface area contributed by atoms with Gasteiger partial charge >= 0.3 is 0 Å². The monoisotopic (exact) mass is 453 g/mol. The first-order valence-corrected chi connectivity index (χ1v) is 10.2. The third kappa shape index (κ3) is 4.34. The molecule has 2 aliphatic heterocycles. The standard InChI is InChI=1S/C23H17ClFN3O4/c24-15-5-1-13(2-6-15)3-9-19(29)26-11-14-4-7-16-17(21(14)25)12-28(23(16)32)18-8-10-20(30)27-22(18)31/h1-2,4-7,18H,8,10-12H2,(H,26,29)(H,27,30,31). The van der Waals surface area contributed by atoms with E-state index in [4.69, 9.17) is 11.6 Å². The maximum Gasteiger partial charge on any atom is 0.296 e. The van der Waals surface area contributed by atoms with Gasteiger partial charge in [-0.05, 0) is 36.8 Å². The fraction of sp³-hybridized carbons (Fsp3) is 0.217. The number of carbonyl (C=O) groups excluding carboxylic acids is 4. The maximum atomic E-state index is 15.1. The fourth-order valence-corrected chi connectivity index (χ4v) is 3.80. The lowest BCUT2D eigenvalue weighted by molar-refractivity contribution is -0.137. The van der Waals surface area contributed by atoms with Gasteiger partial charge in [-0.3, -0.25) is 24.5 Å². The van der Waals surface area contributed by atoms with Crippen molar-refractivity contribution in [2.24, 2.45) is 0 Å². The second-order valence-corrected chi connectivity index (χ2v) is 7.84. The molecule has 32 heavy (non-hydrogen) atoms. The van der Waals surface area contributed by atoms with Gasteiger partial charge in [0.05, 0.1) is 6.54 Å². The van der Waals surface area contributed by atoms with Crippen LogP contribution in [0.1, 0.15) is 39.9 Å². The van der Waals surface area contributed by atoms with Gasteiger partial charge in [-0.25, -0.2) is 4.39 Å². The maximum absolute atomic E-state index is 15.1. The SMILES string of the molecule is O=C(C#Cc1ccc(Cl)cc1)NCc1ccc2c(c1F)CN(C1CCC(=O)NC1=O)C2=O. The molecule has 0 aromatic heterocycles. The first kappa shape index (κ1) is 21.5. The average Bonchev–Trinajstić information content (AvgIpc) is 3.10. The first-order valence-electron chi connectivity index (χ1n) is 9.84. The number of carbonyl (C=O) groups is 4. The van der Waals surface area contributed by atoms with Crippen LogP contribution in [0.25, 0.3) is 0 Å². The van der Waals surface area contributed by atoms with E-state index in [2.05, 4.69) is 22.5 Å². The van der Waals surface area contributed by atoms with E-state index < -0.39 is 35.5 Å². The zero-order valence-corrected chi connectivity index (χ0v) is 17.5. The molecule has 2 aliphatic rings. The van der Waals surface area contributed by atoms with Crippen LogP contribution in [0.2, 0.25) is 5.02 Å². The molecule has 2 aromatic carbocycles. The van der Waals surface area contributed by atoms with Crippen LogP contribution in [-0.2, 0) is 27.5 Å². The number of rotatable bonds is 3. The Morgan fingerprint density at radius 1 is 1.19 bits per heavy atom. The van der Waals surface area contributed by atoms with Gasteiger partial charge in [0.25, 0.3) is 11.8 Å². The van der Waals surface area contributed by atoms with E-state index in [-0.39, 0.29) is 42.6 Å². The number of fused-ring (bicyclic) bond motifs is 1. The molecular formula is C23H17ClFN3O4. The molecule has 162 valence electrons. The zero-order valence-electron chi connectivity index (χ0n) is 16.7. The van der Waals surface area contributed by atoms with Gasteiger partial charge in [0.1, 0.15) is 11.9 Å². The molecule has 1 atom stereocenters. The fourth-order valence-electron chi connectivity index (χ4n) is 3.67. The second-order valence-electron chi connectivity index (χ2n) is 7.40. The van der Waals surface area contributed by atoms with E-state index in [0.717, 1.165) is 0 Å². The molecule has 0 saturated carbocycles. The Balaban J connectivity index is 1.44. The molecule has 0 radical (unpaired) electrons. The number of nitrogens with zero attached hydrogens (tertiary/aromatic N) is 1. The van der Waals surface area contributed by atoms with Crippen molar-refractivity contribution in [2.75, 3.05) is 0 Å². The Kier molecular flexibility index (Phi) is 5.93. The van der Waals surface area contributed by atoms with Crippen LogP contribution in [0.5, 0.6) is 0 Å². The van der Waals surface area contributed by atoms with E-state index in [0.29, 0.717) is 10.6 Å². The summed E-state index contributed by atoms with van der Waals surface area (Å²) in [5.74, 6) is 2.51. The number of halogens is 2. The number of amides is 4. The molecule has 1 unspecified atom stereocenters. The summed E-state index contributed by atoms with van der Waals surface area (Å²) in [5, 5.41) is 5.30. The molecule has 0 aliphatic carbocycles. The molecule has 4 amide bonds. The topological polar surface area (TPSA) is 95.6 Å². The zero-order chi connectivity index (χ0) is 22.8. The van der Waals surface area contributed by atoms with E-state index in [1.54, 1.807) is 24.3 Å². The Bertz CT molecular complexity index is 1200. The van der Waals surface area contributed by atoms with Gasteiger partial charge in [0.15, 0.2) is 0 Å². The summed E-state index contributed by atoms with van der Waals surface area (Å²) in [6.45, 7) is -0.190. The van der Waals surface area contributed by atoms with Crippen molar-refractivity contribution in [1.82, 2.24) is 15.5 Å². The smallest absolute Gasteiger partial charge is 0.296 e. The van der Waals surface area contributed by atoms with Crippen molar-refractivity contribution in [3.63, 3.8) is 0 Å². The van der Waals surface area contributed by atoms with Crippen molar-refractivity contribution < 1.29 is 23.6 Å². The first-order chi connectivity index (χ1) is 15.3. The lowest BCUT2D eigenvalue weighted by Crippen LogP contribution is -2.52. The third-order valence-corrected chi connectivity index (χ3v) is 5.59. The van der Waals surface area contributed by atoms with E-state index >= 15 is 4.39 Å². The summed E-state index contributed by atoms with van der Waals surface area (Å²) in [7, 11) is 0. The van der Waals surface area contributed by atoms with E-state index in [1.165, 1.54) is 17.0 Å². The van der Waals surface area contributed by atoms with Crippen LogP contribution in [0, 0.1) is 17.7 Å². The Morgan fingerprint density at radius 3 is 2.66 bits per heavy atom. The average molecular weight is 454 g/mol. The minimum Gasteiger partial charge on any atom is -0.341 e. The summed E-state index contributed by atoms with van der Waals surface area (Å²) >= 11 is 5.80. The molecule has 9 heteroatoms. The summed E-state index contributed by atoms with van der Waals surface area (Å²) < 4.78 is 15.1. The van der Waals surface area contributed by atoms with Gasteiger partial charge in [0, 0.05) is 46.2 Å². The van der Waals surface area contributed by atoms with E-state index in [1.807, 2.05) is 0 Å². The van der Waals surface area contributed by atoms with Crippen molar-refractivity contribution in [3.8, 4) is 11.8 Å². The Morgan fingerprint density at radius 2 is 1.94 bits per heavy atom. The van der Waals surface area contributed by atoms with Crippen LogP contribution in [0.15, 0.2) is 36.4 Å². The number of imide groups is 1. The van der Waals surface area contributed by atoms with Gasteiger partial charge in [0.2, 0.25) is 11.8 Å². The van der Waals surface area contributed by atoms with Crippen molar-refractivity contribution in [2.45, 2.75) is 32.0 Å². The van der Waals surface area contributed by atoms with Crippen LogP contribution in [0.4, 0.5) is 4.39 Å². The van der Waals surface area contributed by atoms with Gasteiger partial charge < -0.3 is 10.2 Å². The van der Waals surface area contributed by atoms with Crippen molar-refractivity contribution in [3.05, 3.63) is 69.5 Å². The summed E-state index contributed by atoms with van der Waals surface area (Å²) in [5.41, 5.74) is 1.15. The third-order valence-electron chi connectivity index (χ3n) is 5.33. The molecule has 4 rings (SSSR count). The Labute approximate surface area is 187 Å². The number of benzene rings is 2. The van der Waals surface area contributed by atoms with Gasteiger partial charge in [-0.2, -0.15) is 0 Å². The summed E-state index contributed by atoms with van der Waals surface area (Å²) in [6, 6.07) is 8.74. The predicted molar refractivity (Wildman–Crippen MR) is 113 cm³/mol. The molecule has 0 bridgehead atoms. The molecular weight excluding hydrogens is 437 g/mol. The summed E-state index contributed by atoms with van der Waals surface area (Å²) in [4.78, 5) is 49.4. The molecule has 1 saturated heterocycles. The molecule has 1 fully saturated rings. The molecule has 2 aromatic rings.